The zero-order chi connectivity index (χ0) is 14.5. The van der Waals surface area contributed by atoms with E-state index in [9.17, 15) is 8.42 Å². The molecule has 2 N–H and O–H groups in total. The van der Waals surface area contributed by atoms with Gasteiger partial charge >= 0.3 is 0 Å². The highest BCUT2D eigenvalue weighted by molar-refractivity contribution is 7.91. The van der Waals surface area contributed by atoms with Crippen LogP contribution in [0.5, 0.6) is 5.75 Å². The Morgan fingerprint density at radius 1 is 1.37 bits per heavy atom. The van der Waals surface area contributed by atoms with E-state index in [2.05, 4.69) is 0 Å². The summed E-state index contributed by atoms with van der Waals surface area (Å²) in [6.07, 6.45) is 0.619. The van der Waals surface area contributed by atoms with Crippen LogP contribution in [0.15, 0.2) is 18.2 Å². The third kappa shape index (κ3) is 5.38. The van der Waals surface area contributed by atoms with E-state index < -0.39 is 9.84 Å². The van der Waals surface area contributed by atoms with Gasteiger partial charge < -0.3 is 10.5 Å². The minimum Gasteiger partial charge on any atom is -0.492 e. The number of hydrogen-bond acceptors (Lipinski definition) is 4. The quantitative estimate of drug-likeness (QED) is 0.840. The van der Waals surface area contributed by atoms with E-state index in [-0.39, 0.29) is 24.2 Å². The minimum atomic E-state index is -3.03. The molecule has 0 saturated carbocycles. The van der Waals surface area contributed by atoms with E-state index in [0.717, 1.165) is 5.56 Å². The lowest BCUT2D eigenvalue weighted by Crippen LogP contribution is -2.17. The standard InChI is InChI=1S/C13H20ClNO3S/c1-3-7-19(16,17)8-6-18-13-5-4-11(14)9-12(13)10(2)15/h4-5,9-10H,3,6-8,15H2,1-2H3/t10-/m0/s1. The molecule has 0 unspecified atom stereocenters. The second-order valence-corrected chi connectivity index (χ2v) is 7.21. The molecule has 1 aromatic rings. The van der Waals surface area contributed by atoms with Crippen molar-refractivity contribution < 1.29 is 13.2 Å². The van der Waals surface area contributed by atoms with Gasteiger partial charge in [0.15, 0.2) is 9.84 Å². The second kappa shape index (κ2) is 7.12. The van der Waals surface area contributed by atoms with Gasteiger partial charge in [-0.05, 0) is 31.5 Å². The summed E-state index contributed by atoms with van der Waals surface area (Å²) in [4.78, 5) is 0. The van der Waals surface area contributed by atoms with Crippen LogP contribution >= 0.6 is 11.6 Å². The van der Waals surface area contributed by atoms with E-state index in [1.165, 1.54) is 0 Å². The van der Waals surface area contributed by atoms with Gasteiger partial charge in [-0.2, -0.15) is 0 Å². The van der Waals surface area contributed by atoms with Gasteiger partial charge in [-0.3, -0.25) is 0 Å². The van der Waals surface area contributed by atoms with Crippen molar-refractivity contribution >= 4 is 21.4 Å². The molecule has 1 aromatic carbocycles. The van der Waals surface area contributed by atoms with Crippen molar-refractivity contribution in [2.24, 2.45) is 5.73 Å². The Kier molecular flexibility index (Phi) is 6.10. The lowest BCUT2D eigenvalue weighted by atomic mass is 10.1. The van der Waals surface area contributed by atoms with Gasteiger partial charge in [0.05, 0.1) is 11.5 Å². The fourth-order valence-electron chi connectivity index (χ4n) is 1.70. The summed E-state index contributed by atoms with van der Waals surface area (Å²) in [5, 5.41) is 0.582. The molecule has 0 fully saturated rings. The van der Waals surface area contributed by atoms with Crippen LogP contribution in [0.2, 0.25) is 5.02 Å². The molecule has 0 bridgehead atoms. The zero-order valence-electron chi connectivity index (χ0n) is 11.2. The van der Waals surface area contributed by atoms with Crippen molar-refractivity contribution in [3.05, 3.63) is 28.8 Å². The molecule has 4 nitrogen and oxygen atoms in total. The molecule has 108 valence electrons. The Balaban J connectivity index is 2.68. The lowest BCUT2D eigenvalue weighted by Gasteiger charge is -2.14. The molecular weight excluding hydrogens is 286 g/mol. The normalized spacial score (nSPS) is 13.3. The van der Waals surface area contributed by atoms with Crippen molar-refractivity contribution in [3.8, 4) is 5.75 Å². The number of rotatable bonds is 7. The third-order valence-corrected chi connectivity index (χ3v) is 4.68. The van der Waals surface area contributed by atoms with Crippen molar-refractivity contribution in [2.75, 3.05) is 18.1 Å². The Labute approximate surface area is 119 Å². The van der Waals surface area contributed by atoms with Crippen molar-refractivity contribution in [3.63, 3.8) is 0 Å². The van der Waals surface area contributed by atoms with Crippen LogP contribution in [0.25, 0.3) is 0 Å². The molecule has 6 heteroatoms. The van der Waals surface area contributed by atoms with E-state index in [1.807, 2.05) is 13.8 Å². The monoisotopic (exact) mass is 305 g/mol. The Hall–Kier alpha value is -0.780. The first-order chi connectivity index (χ1) is 8.85. The van der Waals surface area contributed by atoms with Crippen LogP contribution in [0.3, 0.4) is 0 Å². The Morgan fingerprint density at radius 3 is 2.63 bits per heavy atom. The summed E-state index contributed by atoms with van der Waals surface area (Å²) in [6.45, 7) is 3.79. The molecule has 0 amide bonds. The molecule has 1 rings (SSSR count). The van der Waals surface area contributed by atoms with Gasteiger partial charge in [-0.25, -0.2) is 8.42 Å². The van der Waals surface area contributed by atoms with Gasteiger partial charge in [-0.15, -0.1) is 0 Å². The highest BCUT2D eigenvalue weighted by Gasteiger charge is 2.12. The largest absolute Gasteiger partial charge is 0.492 e. The summed E-state index contributed by atoms with van der Waals surface area (Å²) in [6, 6.07) is 4.93. The zero-order valence-corrected chi connectivity index (χ0v) is 12.8. The van der Waals surface area contributed by atoms with Crippen molar-refractivity contribution in [2.45, 2.75) is 26.3 Å². The van der Waals surface area contributed by atoms with E-state index >= 15 is 0 Å². The smallest absolute Gasteiger partial charge is 0.153 e. The van der Waals surface area contributed by atoms with Crippen LogP contribution < -0.4 is 10.5 Å². The highest BCUT2D eigenvalue weighted by Crippen LogP contribution is 2.27. The van der Waals surface area contributed by atoms with Crippen molar-refractivity contribution in [1.29, 1.82) is 0 Å². The average molecular weight is 306 g/mol. The van der Waals surface area contributed by atoms with Gasteiger partial charge in [-0.1, -0.05) is 18.5 Å². The molecule has 19 heavy (non-hydrogen) atoms. The molecular formula is C13H20ClNO3S. The first-order valence-electron chi connectivity index (χ1n) is 6.24. The summed E-state index contributed by atoms with van der Waals surface area (Å²) < 4.78 is 28.7. The lowest BCUT2D eigenvalue weighted by molar-refractivity contribution is 0.335. The number of ether oxygens (including phenoxy) is 1. The van der Waals surface area contributed by atoms with Crippen LogP contribution in [0, 0.1) is 0 Å². The Bertz CT molecular complexity index is 515. The number of benzene rings is 1. The van der Waals surface area contributed by atoms with Crippen LogP contribution in [0.1, 0.15) is 31.9 Å². The summed E-state index contributed by atoms with van der Waals surface area (Å²) in [7, 11) is -3.03. The van der Waals surface area contributed by atoms with E-state index in [4.69, 9.17) is 22.1 Å². The maximum Gasteiger partial charge on any atom is 0.153 e. The molecule has 0 aromatic heterocycles. The van der Waals surface area contributed by atoms with Gasteiger partial charge in [0, 0.05) is 16.6 Å². The molecule has 0 aliphatic carbocycles. The van der Waals surface area contributed by atoms with Gasteiger partial charge in [0.1, 0.15) is 12.4 Å². The number of nitrogens with two attached hydrogens (primary N) is 1. The molecule has 0 aliphatic rings. The van der Waals surface area contributed by atoms with Gasteiger partial charge in [0.25, 0.3) is 0 Å². The van der Waals surface area contributed by atoms with Crippen LogP contribution in [0.4, 0.5) is 0 Å². The Morgan fingerprint density at radius 2 is 2.05 bits per heavy atom. The van der Waals surface area contributed by atoms with E-state index in [0.29, 0.717) is 17.2 Å². The predicted octanol–water partition coefficient (Wildman–Crippen LogP) is 2.56. The molecule has 0 radical (unpaired) electrons. The highest BCUT2D eigenvalue weighted by atomic mass is 35.5. The SMILES string of the molecule is CCCS(=O)(=O)CCOc1ccc(Cl)cc1[C@H](C)N. The topological polar surface area (TPSA) is 69.4 Å². The maximum absolute atomic E-state index is 11.6. The predicted molar refractivity (Wildman–Crippen MR) is 78.5 cm³/mol. The number of sulfone groups is 1. The van der Waals surface area contributed by atoms with E-state index in [1.54, 1.807) is 18.2 Å². The second-order valence-electron chi connectivity index (χ2n) is 4.47. The average Bonchev–Trinajstić information content (AvgIpc) is 2.30. The molecule has 0 heterocycles. The van der Waals surface area contributed by atoms with Crippen LogP contribution in [-0.2, 0) is 9.84 Å². The third-order valence-electron chi connectivity index (χ3n) is 2.63. The van der Waals surface area contributed by atoms with Crippen LogP contribution in [-0.4, -0.2) is 26.5 Å². The number of hydrogen-bond donors (Lipinski definition) is 1. The summed E-state index contributed by atoms with van der Waals surface area (Å²) >= 11 is 5.90. The van der Waals surface area contributed by atoms with Crippen molar-refractivity contribution in [1.82, 2.24) is 0 Å². The first kappa shape index (κ1) is 16.3. The molecule has 1 atom stereocenters. The minimum absolute atomic E-state index is 0.0157. The fourth-order valence-corrected chi connectivity index (χ4v) is 3.04. The molecule has 0 spiro atoms. The van der Waals surface area contributed by atoms with Gasteiger partial charge in [0.2, 0.25) is 0 Å². The first-order valence-corrected chi connectivity index (χ1v) is 8.44. The number of halogens is 1. The maximum atomic E-state index is 11.6. The fraction of sp³-hybridized carbons (Fsp3) is 0.538. The summed E-state index contributed by atoms with van der Waals surface area (Å²) in [5.41, 5.74) is 6.61. The molecule has 0 saturated heterocycles. The summed E-state index contributed by atoms with van der Waals surface area (Å²) in [5.74, 6) is 0.796. The molecule has 0 aliphatic heterocycles.